The maximum Gasteiger partial charge on any atom is 0.240 e. The van der Waals surface area contributed by atoms with Crippen molar-refractivity contribution in [2.24, 2.45) is 7.05 Å². The minimum Gasteiger partial charge on any atom is -0.331 e. The molecule has 0 spiro atoms. The summed E-state index contributed by atoms with van der Waals surface area (Å²) in [5.41, 5.74) is 2.83. The fraction of sp³-hybridized carbons (Fsp3) is 0.278. The minimum atomic E-state index is -3.51. The molecular formula is C18H21N3O2S. The van der Waals surface area contributed by atoms with Gasteiger partial charge < -0.3 is 4.57 Å². The molecule has 2 aromatic carbocycles. The van der Waals surface area contributed by atoms with Gasteiger partial charge >= 0.3 is 0 Å². The van der Waals surface area contributed by atoms with Crippen LogP contribution in [0.5, 0.6) is 0 Å². The van der Waals surface area contributed by atoms with E-state index in [0.29, 0.717) is 12.1 Å². The van der Waals surface area contributed by atoms with Gasteiger partial charge in [0, 0.05) is 13.6 Å². The van der Waals surface area contributed by atoms with Crippen LogP contribution in [0.15, 0.2) is 53.4 Å². The molecule has 126 valence electrons. The molecule has 0 bridgehead atoms. The lowest BCUT2D eigenvalue weighted by Gasteiger charge is -2.07. The zero-order valence-electron chi connectivity index (χ0n) is 13.9. The Balaban J connectivity index is 1.66. The van der Waals surface area contributed by atoms with Gasteiger partial charge in [-0.05, 0) is 43.5 Å². The van der Waals surface area contributed by atoms with Crippen molar-refractivity contribution in [1.82, 2.24) is 14.3 Å². The van der Waals surface area contributed by atoms with Crippen LogP contribution in [-0.4, -0.2) is 24.5 Å². The number of hydrogen-bond acceptors (Lipinski definition) is 3. The Bertz CT molecular complexity index is 947. The molecule has 0 aliphatic heterocycles. The van der Waals surface area contributed by atoms with E-state index in [0.717, 1.165) is 24.2 Å². The van der Waals surface area contributed by atoms with E-state index in [9.17, 15) is 8.42 Å². The molecule has 0 amide bonds. The fourth-order valence-electron chi connectivity index (χ4n) is 2.69. The summed E-state index contributed by atoms with van der Waals surface area (Å²) in [7, 11) is -1.59. The monoisotopic (exact) mass is 343 g/mol. The van der Waals surface area contributed by atoms with Crippen LogP contribution >= 0.6 is 0 Å². The van der Waals surface area contributed by atoms with Crippen molar-refractivity contribution >= 4 is 21.1 Å². The average molecular weight is 343 g/mol. The third-order valence-electron chi connectivity index (χ3n) is 4.16. The molecule has 24 heavy (non-hydrogen) atoms. The first kappa shape index (κ1) is 16.7. The van der Waals surface area contributed by atoms with Crippen LogP contribution in [0.2, 0.25) is 0 Å². The molecule has 1 heterocycles. The van der Waals surface area contributed by atoms with Gasteiger partial charge in [-0.15, -0.1) is 0 Å². The number of aromatic nitrogens is 2. The highest BCUT2D eigenvalue weighted by atomic mass is 32.2. The van der Waals surface area contributed by atoms with Crippen molar-refractivity contribution in [3.8, 4) is 0 Å². The van der Waals surface area contributed by atoms with Crippen molar-refractivity contribution in [2.75, 3.05) is 6.54 Å². The fourth-order valence-corrected chi connectivity index (χ4v) is 3.79. The SMILES string of the molecule is Cc1nc2cc(S(=O)(=O)NCCCc3ccccc3)ccc2n1C. The van der Waals surface area contributed by atoms with E-state index in [-0.39, 0.29) is 4.90 Å². The van der Waals surface area contributed by atoms with E-state index in [1.807, 2.05) is 48.9 Å². The molecule has 1 aromatic heterocycles. The van der Waals surface area contributed by atoms with E-state index < -0.39 is 10.0 Å². The number of benzene rings is 2. The number of aryl methyl sites for hydroxylation is 3. The maximum absolute atomic E-state index is 12.4. The predicted octanol–water partition coefficient (Wildman–Crippen LogP) is 2.79. The lowest BCUT2D eigenvalue weighted by molar-refractivity contribution is 0.579. The summed E-state index contributed by atoms with van der Waals surface area (Å²) in [5, 5.41) is 0. The van der Waals surface area contributed by atoms with Gasteiger partial charge in [0.05, 0.1) is 15.9 Å². The number of nitrogens with one attached hydrogen (secondary N) is 1. The Morgan fingerprint density at radius 2 is 1.88 bits per heavy atom. The Morgan fingerprint density at radius 1 is 1.12 bits per heavy atom. The van der Waals surface area contributed by atoms with E-state index in [1.54, 1.807) is 18.2 Å². The highest BCUT2D eigenvalue weighted by molar-refractivity contribution is 7.89. The number of nitrogens with zero attached hydrogens (tertiary/aromatic N) is 2. The largest absolute Gasteiger partial charge is 0.331 e. The normalized spacial score (nSPS) is 11.9. The Morgan fingerprint density at radius 3 is 2.62 bits per heavy atom. The molecule has 0 radical (unpaired) electrons. The molecule has 0 aliphatic carbocycles. The number of imidazole rings is 1. The van der Waals surface area contributed by atoms with Crippen LogP contribution in [0.4, 0.5) is 0 Å². The van der Waals surface area contributed by atoms with Gasteiger partial charge in [-0.25, -0.2) is 18.1 Å². The number of sulfonamides is 1. The highest BCUT2D eigenvalue weighted by Gasteiger charge is 2.15. The summed E-state index contributed by atoms with van der Waals surface area (Å²) in [6, 6.07) is 15.1. The molecule has 0 fully saturated rings. The summed E-state index contributed by atoms with van der Waals surface area (Å²) in [6.45, 7) is 2.31. The van der Waals surface area contributed by atoms with Gasteiger partial charge in [0.2, 0.25) is 10.0 Å². The van der Waals surface area contributed by atoms with Gasteiger partial charge in [-0.3, -0.25) is 0 Å². The average Bonchev–Trinajstić information content (AvgIpc) is 2.87. The molecule has 6 heteroatoms. The zero-order chi connectivity index (χ0) is 17.2. The van der Waals surface area contributed by atoms with Crippen molar-refractivity contribution in [3.05, 3.63) is 59.9 Å². The second-order valence-corrected chi connectivity index (χ2v) is 7.62. The van der Waals surface area contributed by atoms with E-state index >= 15 is 0 Å². The van der Waals surface area contributed by atoms with Gasteiger partial charge in [-0.2, -0.15) is 0 Å². The first-order valence-corrected chi connectivity index (χ1v) is 9.42. The minimum absolute atomic E-state index is 0.257. The van der Waals surface area contributed by atoms with Crippen LogP contribution in [0.1, 0.15) is 17.8 Å². The van der Waals surface area contributed by atoms with Crippen molar-refractivity contribution in [3.63, 3.8) is 0 Å². The predicted molar refractivity (Wildman–Crippen MR) is 95.4 cm³/mol. The first-order valence-electron chi connectivity index (χ1n) is 7.94. The molecular weight excluding hydrogens is 322 g/mol. The van der Waals surface area contributed by atoms with Crippen LogP contribution in [0.3, 0.4) is 0 Å². The van der Waals surface area contributed by atoms with Gasteiger partial charge in [0.1, 0.15) is 5.82 Å². The summed E-state index contributed by atoms with van der Waals surface area (Å²) in [6.07, 6.45) is 1.61. The Labute approximate surface area is 142 Å². The topological polar surface area (TPSA) is 64.0 Å². The van der Waals surface area contributed by atoms with Gasteiger partial charge in [-0.1, -0.05) is 30.3 Å². The number of hydrogen-bond donors (Lipinski definition) is 1. The second-order valence-electron chi connectivity index (χ2n) is 5.86. The second kappa shape index (κ2) is 6.75. The van der Waals surface area contributed by atoms with Crippen molar-refractivity contribution < 1.29 is 8.42 Å². The molecule has 0 saturated heterocycles. The summed E-state index contributed by atoms with van der Waals surface area (Å²) >= 11 is 0. The maximum atomic E-state index is 12.4. The highest BCUT2D eigenvalue weighted by Crippen LogP contribution is 2.19. The molecule has 3 aromatic rings. The first-order chi connectivity index (χ1) is 11.5. The van der Waals surface area contributed by atoms with Gasteiger partial charge in [0.15, 0.2) is 0 Å². The van der Waals surface area contributed by atoms with Crippen molar-refractivity contribution in [2.45, 2.75) is 24.7 Å². The van der Waals surface area contributed by atoms with Crippen LogP contribution in [0.25, 0.3) is 11.0 Å². The van der Waals surface area contributed by atoms with Crippen LogP contribution in [-0.2, 0) is 23.5 Å². The summed E-state index contributed by atoms with van der Waals surface area (Å²) < 4.78 is 29.5. The van der Waals surface area contributed by atoms with Crippen molar-refractivity contribution in [1.29, 1.82) is 0 Å². The smallest absolute Gasteiger partial charge is 0.240 e. The van der Waals surface area contributed by atoms with E-state index in [4.69, 9.17) is 0 Å². The number of fused-ring (bicyclic) bond motifs is 1. The molecule has 0 atom stereocenters. The zero-order valence-corrected chi connectivity index (χ0v) is 14.7. The lowest BCUT2D eigenvalue weighted by atomic mass is 10.1. The third-order valence-corrected chi connectivity index (χ3v) is 5.62. The standard InChI is InChI=1S/C18H21N3O2S/c1-14-20-17-13-16(10-11-18(17)21(14)2)24(22,23)19-12-6-9-15-7-4-3-5-8-15/h3-5,7-8,10-11,13,19H,6,9,12H2,1-2H3. The molecule has 1 N–H and O–H groups in total. The third kappa shape index (κ3) is 3.49. The molecule has 5 nitrogen and oxygen atoms in total. The Kier molecular flexibility index (Phi) is 4.69. The molecule has 3 rings (SSSR count). The lowest BCUT2D eigenvalue weighted by Crippen LogP contribution is -2.25. The van der Waals surface area contributed by atoms with E-state index in [1.165, 1.54) is 5.56 Å². The van der Waals surface area contributed by atoms with Crippen LogP contribution in [0, 0.1) is 6.92 Å². The Hall–Kier alpha value is -2.18. The summed E-state index contributed by atoms with van der Waals surface area (Å²) in [4.78, 5) is 4.65. The molecule has 0 unspecified atom stereocenters. The number of rotatable bonds is 6. The molecule has 0 saturated carbocycles. The summed E-state index contributed by atoms with van der Waals surface area (Å²) in [5.74, 6) is 0.857. The molecule has 0 aliphatic rings. The van der Waals surface area contributed by atoms with E-state index in [2.05, 4.69) is 9.71 Å². The van der Waals surface area contributed by atoms with Crippen LogP contribution < -0.4 is 4.72 Å². The van der Waals surface area contributed by atoms with Gasteiger partial charge in [0.25, 0.3) is 0 Å². The quantitative estimate of drug-likeness (QED) is 0.700.